The van der Waals surface area contributed by atoms with E-state index in [9.17, 15) is 19.6 Å². The second-order valence-electron chi connectivity index (χ2n) is 6.67. The molecule has 1 aromatic carbocycles. The molecule has 0 saturated heterocycles. The zero-order chi connectivity index (χ0) is 25.3. The number of carbonyl (C=O) groups is 3. The van der Waals surface area contributed by atoms with Crippen molar-refractivity contribution in [3.63, 3.8) is 0 Å². The number of ether oxygens (including phenoxy) is 4. The van der Waals surface area contributed by atoms with Gasteiger partial charge in [0.25, 0.3) is 5.91 Å². The first-order valence-electron chi connectivity index (χ1n) is 10.5. The molecule has 10 heteroatoms. The second kappa shape index (κ2) is 12.4. The number of nitrogens with one attached hydrogen (secondary N) is 1. The lowest BCUT2D eigenvalue weighted by Crippen LogP contribution is -2.16. The van der Waals surface area contributed by atoms with Crippen LogP contribution in [0.5, 0.6) is 11.5 Å². The van der Waals surface area contributed by atoms with Crippen LogP contribution in [0.25, 0.3) is 6.08 Å². The van der Waals surface area contributed by atoms with Crippen molar-refractivity contribution >= 4 is 40.3 Å². The summed E-state index contributed by atoms with van der Waals surface area (Å²) in [4.78, 5) is 37.9. The van der Waals surface area contributed by atoms with Gasteiger partial charge in [0.1, 0.15) is 21.5 Å². The monoisotopic (exact) mass is 486 g/mol. The van der Waals surface area contributed by atoms with E-state index in [0.717, 1.165) is 11.3 Å². The molecule has 1 amide bonds. The third-order valence-electron chi connectivity index (χ3n) is 4.48. The average molecular weight is 487 g/mol. The maximum Gasteiger partial charge on any atom is 0.348 e. The Morgan fingerprint density at radius 3 is 2.32 bits per heavy atom. The lowest BCUT2D eigenvalue weighted by atomic mass is 10.1. The van der Waals surface area contributed by atoms with Crippen LogP contribution in [0.15, 0.2) is 23.8 Å². The van der Waals surface area contributed by atoms with E-state index in [1.165, 1.54) is 13.2 Å². The molecule has 0 aliphatic carbocycles. The summed E-state index contributed by atoms with van der Waals surface area (Å²) >= 11 is 0.884. The van der Waals surface area contributed by atoms with Crippen LogP contribution in [0, 0.1) is 18.3 Å². The molecule has 0 fully saturated rings. The maximum atomic E-state index is 12.9. The van der Waals surface area contributed by atoms with Crippen molar-refractivity contribution < 1.29 is 33.3 Å². The van der Waals surface area contributed by atoms with Gasteiger partial charge >= 0.3 is 11.9 Å². The minimum Gasteiger partial charge on any atom is -0.493 e. The fourth-order valence-corrected chi connectivity index (χ4v) is 4.06. The Morgan fingerprint density at radius 2 is 1.74 bits per heavy atom. The summed E-state index contributed by atoms with van der Waals surface area (Å²) in [5.41, 5.74) is 0.691. The summed E-state index contributed by atoms with van der Waals surface area (Å²) < 4.78 is 20.9. The van der Waals surface area contributed by atoms with Gasteiger partial charge in [-0.1, -0.05) is 6.07 Å². The topological polar surface area (TPSA) is 124 Å². The number of hydrogen-bond acceptors (Lipinski definition) is 9. The smallest absolute Gasteiger partial charge is 0.348 e. The van der Waals surface area contributed by atoms with E-state index in [-0.39, 0.29) is 34.2 Å². The lowest BCUT2D eigenvalue weighted by molar-refractivity contribution is -0.112. The van der Waals surface area contributed by atoms with Crippen LogP contribution in [0.3, 0.4) is 0 Å². The van der Waals surface area contributed by atoms with Gasteiger partial charge in [-0.05, 0) is 57.0 Å². The highest BCUT2D eigenvalue weighted by molar-refractivity contribution is 7.18. The van der Waals surface area contributed by atoms with E-state index in [2.05, 4.69) is 5.32 Å². The second-order valence-corrected chi connectivity index (χ2v) is 7.69. The Labute approximate surface area is 201 Å². The lowest BCUT2D eigenvalue weighted by Gasteiger charge is -2.10. The first-order chi connectivity index (χ1) is 16.3. The van der Waals surface area contributed by atoms with Crippen LogP contribution in [-0.2, 0) is 14.3 Å². The molecule has 0 aliphatic heterocycles. The molecule has 180 valence electrons. The van der Waals surface area contributed by atoms with E-state index in [4.69, 9.17) is 18.9 Å². The molecule has 0 atom stereocenters. The number of carbonyl (C=O) groups excluding carboxylic acids is 3. The number of amides is 1. The van der Waals surface area contributed by atoms with Crippen molar-refractivity contribution in [2.24, 2.45) is 0 Å². The van der Waals surface area contributed by atoms with Gasteiger partial charge in [-0.25, -0.2) is 9.59 Å². The van der Waals surface area contributed by atoms with Crippen LogP contribution >= 0.6 is 11.3 Å². The van der Waals surface area contributed by atoms with Crippen LogP contribution in [0.4, 0.5) is 5.00 Å². The summed E-state index contributed by atoms with van der Waals surface area (Å²) in [6.07, 6.45) is 1.38. The van der Waals surface area contributed by atoms with Gasteiger partial charge in [0.15, 0.2) is 11.5 Å². The number of hydrogen-bond donors (Lipinski definition) is 1. The number of rotatable bonds is 10. The van der Waals surface area contributed by atoms with Crippen LogP contribution in [-0.4, -0.2) is 44.8 Å². The van der Waals surface area contributed by atoms with E-state index in [0.29, 0.717) is 29.2 Å². The molecule has 0 bridgehead atoms. The van der Waals surface area contributed by atoms with Gasteiger partial charge in [-0.15, -0.1) is 11.3 Å². The third-order valence-corrected chi connectivity index (χ3v) is 5.67. The molecule has 2 rings (SSSR count). The largest absolute Gasteiger partial charge is 0.493 e. The van der Waals surface area contributed by atoms with Crippen molar-refractivity contribution in [2.45, 2.75) is 27.7 Å². The molecule has 1 N–H and O–H groups in total. The zero-order valence-corrected chi connectivity index (χ0v) is 20.5. The van der Waals surface area contributed by atoms with Crippen molar-refractivity contribution in [1.82, 2.24) is 0 Å². The summed E-state index contributed by atoms with van der Waals surface area (Å²) in [7, 11) is 1.49. The highest BCUT2D eigenvalue weighted by atomic mass is 32.1. The first kappa shape index (κ1) is 26.4. The van der Waals surface area contributed by atoms with Gasteiger partial charge in [0.05, 0.1) is 32.5 Å². The maximum absolute atomic E-state index is 12.9. The van der Waals surface area contributed by atoms with E-state index in [1.54, 1.807) is 39.0 Å². The third kappa shape index (κ3) is 6.14. The molecule has 1 aromatic heterocycles. The van der Waals surface area contributed by atoms with Crippen molar-refractivity contribution in [1.29, 1.82) is 5.26 Å². The fraction of sp³-hybridized carbons (Fsp3) is 0.333. The SMILES string of the molecule is CCOC(=O)c1sc(NC(=O)/C(C#N)=C/c2ccc(OCC)c(OC)c2)c(C(=O)OCC)c1C. The minimum absolute atomic E-state index is 0.0447. The zero-order valence-electron chi connectivity index (χ0n) is 19.6. The first-order valence-corrected chi connectivity index (χ1v) is 11.3. The molecule has 0 spiro atoms. The predicted octanol–water partition coefficient (Wildman–Crippen LogP) is 4.36. The number of benzene rings is 1. The van der Waals surface area contributed by atoms with Gasteiger partial charge in [-0.2, -0.15) is 5.26 Å². The van der Waals surface area contributed by atoms with Gasteiger partial charge in [0, 0.05) is 0 Å². The quantitative estimate of drug-likeness (QED) is 0.298. The molecule has 0 unspecified atom stereocenters. The number of methoxy groups -OCH3 is 1. The van der Waals surface area contributed by atoms with Crippen LogP contribution in [0.1, 0.15) is 51.9 Å². The van der Waals surface area contributed by atoms with Crippen molar-refractivity contribution in [3.05, 3.63) is 45.3 Å². The minimum atomic E-state index is -0.752. The van der Waals surface area contributed by atoms with Gasteiger partial charge in [-0.3, -0.25) is 4.79 Å². The molecular formula is C24H26N2O7S. The highest BCUT2D eigenvalue weighted by Crippen LogP contribution is 2.35. The molecular weight excluding hydrogens is 460 g/mol. The molecule has 0 saturated carbocycles. The van der Waals surface area contributed by atoms with E-state index in [1.807, 2.05) is 13.0 Å². The number of esters is 2. The molecule has 2 aromatic rings. The van der Waals surface area contributed by atoms with E-state index < -0.39 is 17.8 Å². The Balaban J connectivity index is 2.42. The summed E-state index contributed by atoms with van der Waals surface area (Å²) in [6, 6.07) is 6.84. The number of thiophene rings is 1. The summed E-state index contributed by atoms with van der Waals surface area (Å²) in [6.45, 7) is 7.43. The van der Waals surface area contributed by atoms with Gasteiger partial charge in [0.2, 0.25) is 0 Å². The Hall–Kier alpha value is -3.84. The summed E-state index contributed by atoms with van der Waals surface area (Å²) in [5, 5.41) is 12.2. The summed E-state index contributed by atoms with van der Waals surface area (Å²) in [5.74, 6) is -1.08. The number of nitrogens with zero attached hydrogens (tertiary/aromatic N) is 1. The number of anilines is 1. The molecule has 34 heavy (non-hydrogen) atoms. The van der Waals surface area contributed by atoms with Crippen LogP contribution in [0.2, 0.25) is 0 Å². The number of nitriles is 1. The standard InChI is InChI=1S/C24H26N2O7S/c1-6-31-17-10-9-15(12-18(17)30-5)11-16(13-25)21(27)26-22-19(23(28)32-7-2)14(4)20(34-22)24(29)33-8-3/h9-12H,6-8H2,1-5H3,(H,26,27)/b16-11+. The average Bonchev–Trinajstić information content (AvgIpc) is 3.14. The fourth-order valence-electron chi connectivity index (χ4n) is 2.98. The normalized spacial score (nSPS) is 10.8. The molecule has 0 radical (unpaired) electrons. The van der Waals surface area contributed by atoms with Gasteiger partial charge < -0.3 is 24.3 Å². The molecule has 1 heterocycles. The Kier molecular flexibility index (Phi) is 9.64. The van der Waals surface area contributed by atoms with Crippen LogP contribution < -0.4 is 14.8 Å². The predicted molar refractivity (Wildman–Crippen MR) is 127 cm³/mol. The van der Waals surface area contributed by atoms with Crippen molar-refractivity contribution in [2.75, 3.05) is 32.2 Å². The Bertz CT molecular complexity index is 1140. The molecule has 0 aliphatic rings. The Morgan fingerprint density at radius 1 is 1.06 bits per heavy atom. The highest BCUT2D eigenvalue weighted by Gasteiger charge is 2.28. The van der Waals surface area contributed by atoms with E-state index >= 15 is 0 Å². The van der Waals surface area contributed by atoms with Crippen molar-refractivity contribution in [3.8, 4) is 17.6 Å². The molecule has 9 nitrogen and oxygen atoms in total.